The Hall–Kier alpha value is -4.60. The zero-order chi connectivity index (χ0) is 28.6. The van der Waals surface area contributed by atoms with Crippen LogP contribution in [0.1, 0.15) is 21.2 Å². The first kappa shape index (κ1) is 27.9. The van der Waals surface area contributed by atoms with Crippen LogP contribution in [0, 0.1) is 0 Å². The summed E-state index contributed by atoms with van der Waals surface area (Å²) in [4.78, 5) is 32.0. The molecule has 0 fully saturated rings. The number of nitrogens with zero attached hydrogens (tertiary/aromatic N) is 1. The van der Waals surface area contributed by atoms with E-state index in [0.29, 0.717) is 27.9 Å². The van der Waals surface area contributed by atoms with Gasteiger partial charge in [-0.15, -0.1) is 23.1 Å². The molecule has 0 aliphatic rings. The lowest BCUT2D eigenvalue weighted by Crippen LogP contribution is -2.19. The Morgan fingerprint density at radius 1 is 0.805 bits per heavy atom. The second-order valence-corrected chi connectivity index (χ2v) is 10.9. The summed E-state index contributed by atoms with van der Waals surface area (Å²) >= 11 is 2.78. The topological polar surface area (TPSA) is 89.5 Å². The van der Waals surface area contributed by atoms with Crippen molar-refractivity contribution < 1.29 is 19.1 Å². The monoisotopic (exact) mass is 581 g/mol. The Morgan fingerprint density at radius 3 is 2.27 bits per heavy atom. The SMILES string of the molecule is COc1ccc(C(=O)Nc2cccc(SC(C(=O)Nc3nc(-c4ccccc4)cs3)c3ccccc3)c2)cc1OC. The van der Waals surface area contributed by atoms with Gasteiger partial charge in [-0.25, -0.2) is 4.98 Å². The van der Waals surface area contributed by atoms with Crippen molar-refractivity contribution in [3.63, 3.8) is 0 Å². The first-order chi connectivity index (χ1) is 20.0. The van der Waals surface area contributed by atoms with Gasteiger partial charge in [0.2, 0.25) is 5.91 Å². The molecule has 2 N–H and O–H groups in total. The van der Waals surface area contributed by atoms with Gasteiger partial charge in [-0.2, -0.15) is 0 Å². The fourth-order valence-corrected chi connectivity index (χ4v) is 5.91. The summed E-state index contributed by atoms with van der Waals surface area (Å²) in [7, 11) is 3.07. The van der Waals surface area contributed by atoms with Gasteiger partial charge in [-0.1, -0.05) is 66.7 Å². The van der Waals surface area contributed by atoms with Gasteiger partial charge >= 0.3 is 0 Å². The minimum Gasteiger partial charge on any atom is -0.493 e. The maximum Gasteiger partial charge on any atom is 0.255 e. The van der Waals surface area contributed by atoms with Gasteiger partial charge in [0.05, 0.1) is 19.9 Å². The zero-order valence-electron chi connectivity index (χ0n) is 22.4. The van der Waals surface area contributed by atoms with E-state index >= 15 is 0 Å². The molecule has 5 rings (SSSR count). The lowest BCUT2D eigenvalue weighted by atomic mass is 10.1. The van der Waals surface area contributed by atoms with Crippen LogP contribution in [0.2, 0.25) is 0 Å². The molecule has 1 aromatic heterocycles. The van der Waals surface area contributed by atoms with Crippen LogP contribution < -0.4 is 20.1 Å². The largest absolute Gasteiger partial charge is 0.493 e. The number of ether oxygens (including phenoxy) is 2. The smallest absolute Gasteiger partial charge is 0.255 e. The van der Waals surface area contributed by atoms with E-state index in [2.05, 4.69) is 15.6 Å². The molecule has 0 aliphatic carbocycles. The molecule has 4 aromatic carbocycles. The number of methoxy groups -OCH3 is 2. The number of nitrogens with one attached hydrogen (secondary N) is 2. The van der Waals surface area contributed by atoms with Crippen molar-refractivity contribution in [3.8, 4) is 22.8 Å². The van der Waals surface area contributed by atoms with E-state index in [0.717, 1.165) is 21.7 Å². The molecular weight excluding hydrogens is 555 g/mol. The first-order valence-corrected chi connectivity index (χ1v) is 14.5. The minimum absolute atomic E-state index is 0.185. The van der Waals surface area contributed by atoms with Gasteiger partial charge < -0.3 is 20.1 Å². The van der Waals surface area contributed by atoms with Crippen LogP contribution in [-0.4, -0.2) is 31.0 Å². The molecule has 0 saturated carbocycles. The van der Waals surface area contributed by atoms with E-state index in [9.17, 15) is 9.59 Å². The number of rotatable bonds is 10. The Bertz CT molecular complexity index is 1640. The van der Waals surface area contributed by atoms with E-state index in [1.54, 1.807) is 31.4 Å². The third kappa shape index (κ3) is 6.95. The van der Waals surface area contributed by atoms with Crippen LogP contribution >= 0.6 is 23.1 Å². The van der Waals surface area contributed by atoms with Gasteiger partial charge in [-0.3, -0.25) is 9.59 Å². The van der Waals surface area contributed by atoms with E-state index < -0.39 is 5.25 Å². The molecule has 41 heavy (non-hydrogen) atoms. The van der Waals surface area contributed by atoms with Crippen molar-refractivity contribution in [3.05, 3.63) is 120 Å². The van der Waals surface area contributed by atoms with Crippen LogP contribution in [0.4, 0.5) is 10.8 Å². The minimum atomic E-state index is -0.544. The predicted octanol–water partition coefficient (Wildman–Crippen LogP) is 7.55. The van der Waals surface area contributed by atoms with E-state index in [1.807, 2.05) is 84.2 Å². The van der Waals surface area contributed by atoms with Crippen molar-refractivity contribution >= 4 is 45.7 Å². The Balaban J connectivity index is 1.33. The molecule has 1 atom stereocenters. The molecule has 5 aromatic rings. The number of thioether (sulfide) groups is 1. The summed E-state index contributed by atoms with van der Waals surface area (Å²) < 4.78 is 10.6. The average molecular weight is 582 g/mol. The molecule has 0 bridgehead atoms. The number of carbonyl (C=O) groups excluding carboxylic acids is 2. The Labute approximate surface area is 246 Å². The third-order valence-corrected chi connectivity index (χ3v) is 8.14. The van der Waals surface area contributed by atoms with Gasteiger partial charge in [0.1, 0.15) is 5.25 Å². The first-order valence-electron chi connectivity index (χ1n) is 12.7. The van der Waals surface area contributed by atoms with E-state index in [1.165, 1.54) is 30.2 Å². The second kappa shape index (κ2) is 13.2. The number of anilines is 2. The summed E-state index contributed by atoms with van der Waals surface area (Å²) in [5.41, 5.74) is 3.70. The quantitative estimate of drug-likeness (QED) is 0.166. The van der Waals surface area contributed by atoms with Gasteiger partial charge in [-0.05, 0) is 42.0 Å². The van der Waals surface area contributed by atoms with Crippen LogP contribution in [-0.2, 0) is 4.79 Å². The summed E-state index contributed by atoms with van der Waals surface area (Å²) in [5.74, 6) is 0.539. The fourth-order valence-electron chi connectivity index (χ4n) is 4.11. The lowest BCUT2D eigenvalue weighted by Gasteiger charge is -2.17. The molecule has 1 heterocycles. The zero-order valence-corrected chi connectivity index (χ0v) is 24.0. The third-order valence-electron chi connectivity index (χ3n) is 6.14. The summed E-state index contributed by atoms with van der Waals surface area (Å²) in [6, 6.07) is 31.8. The van der Waals surface area contributed by atoms with Crippen molar-refractivity contribution in [1.29, 1.82) is 0 Å². The molecular formula is C32H27N3O4S2. The Kier molecular flexibility index (Phi) is 8.98. The molecule has 0 spiro atoms. The second-order valence-electron chi connectivity index (χ2n) is 8.85. The van der Waals surface area contributed by atoms with Crippen molar-refractivity contribution in [2.24, 2.45) is 0 Å². The number of aromatic nitrogens is 1. The number of carbonyl (C=O) groups is 2. The predicted molar refractivity (Wildman–Crippen MR) is 165 cm³/mol. The highest BCUT2D eigenvalue weighted by molar-refractivity contribution is 8.00. The molecule has 1 unspecified atom stereocenters. The fraction of sp³-hybridized carbons (Fsp3) is 0.0938. The number of benzene rings is 4. The lowest BCUT2D eigenvalue weighted by molar-refractivity contribution is -0.115. The highest BCUT2D eigenvalue weighted by atomic mass is 32.2. The molecule has 206 valence electrons. The normalized spacial score (nSPS) is 11.4. The van der Waals surface area contributed by atoms with Crippen LogP contribution in [0.15, 0.2) is 113 Å². The summed E-state index contributed by atoms with van der Waals surface area (Å²) in [5, 5.41) is 7.85. The molecule has 0 radical (unpaired) electrons. The molecule has 7 nitrogen and oxygen atoms in total. The van der Waals surface area contributed by atoms with Crippen LogP contribution in [0.5, 0.6) is 11.5 Å². The molecule has 0 saturated heterocycles. The van der Waals surface area contributed by atoms with Gasteiger partial charge in [0.25, 0.3) is 5.91 Å². The van der Waals surface area contributed by atoms with Crippen molar-refractivity contribution in [2.45, 2.75) is 10.1 Å². The highest BCUT2D eigenvalue weighted by Gasteiger charge is 2.23. The molecule has 2 amide bonds. The molecule has 9 heteroatoms. The van der Waals surface area contributed by atoms with Crippen molar-refractivity contribution in [1.82, 2.24) is 4.98 Å². The van der Waals surface area contributed by atoms with Crippen LogP contribution in [0.25, 0.3) is 11.3 Å². The van der Waals surface area contributed by atoms with Crippen LogP contribution in [0.3, 0.4) is 0 Å². The maximum absolute atomic E-state index is 13.6. The highest BCUT2D eigenvalue weighted by Crippen LogP contribution is 2.38. The van der Waals surface area contributed by atoms with Gasteiger partial charge in [0, 0.05) is 27.1 Å². The van der Waals surface area contributed by atoms with E-state index in [4.69, 9.17) is 9.47 Å². The van der Waals surface area contributed by atoms with E-state index in [-0.39, 0.29) is 11.8 Å². The van der Waals surface area contributed by atoms with Crippen molar-refractivity contribution in [2.75, 3.05) is 24.9 Å². The average Bonchev–Trinajstić information content (AvgIpc) is 3.49. The summed E-state index contributed by atoms with van der Waals surface area (Å²) in [6.45, 7) is 0. The Morgan fingerprint density at radius 2 is 1.54 bits per heavy atom. The number of hydrogen-bond acceptors (Lipinski definition) is 7. The van der Waals surface area contributed by atoms with Gasteiger partial charge in [0.15, 0.2) is 16.6 Å². The number of amides is 2. The standard InChI is InChI=1S/C32H27N3O4S2/c1-38-27-17-16-23(18-28(27)39-2)30(36)33-24-14-9-15-25(19-24)41-29(22-12-7-4-8-13-22)31(37)35-32-34-26(20-40-32)21-10-5-3-6-11-21/h3-20,29H,1-2H3,(H,33,36)(H,34,35,37). The maximum atomic E-state index is 13.6. The molecule has 0 aliphatic heterocycles. The number of hydrogen-bond donors (Lipinski definition) is 2. The number of thiazole rings is 1. The summed E-state index contributed by atoms with van der Waals surface area (Å²) in [6.07, 6.45) is 0.